The summed E-state index contributed by atoms with van der Waals surface area (Å²) < 4.78 is 5.29. The van der Waals surface area contributed by atoms with Gasteiger partial charge in [0.1, 0.15) is 0 Å². The normalized spacial score (nSPS) is 19.8. The molecule has 12 heavy (non-hydrogen) atoms. The van der Waals surface area contributed by atoms with Crippen molar-refractivity contribution in [2.75, 3.05) is 13.2 Å². The fourth-order valence-corrected chi connectivity index (χ4v) is 1.56. The first-order valence-corrected chi connectivity index (χ1v) is 5.18. The van der Waals surface area contributed by atoms with Crippen LogP contribution in [0.25, 0.3) is 0 Å². The molecule has 0 bridgehead atoms. The summed E-state index contributed by atoms with van der Waals surface area (Å²) in [5.41, 5.74) is 0.490. The third-order valence-electron chi connectivity index (χ3n) is 2.45. The van der Waals surface area contributed by atoms with E-state index in [0.29, 0.717) is 5.41 Å². The van der Waals surface area contributed by atoms with Crippen molar-refractivity contribution in [1.29, 1.82) is 0 Å². The topological polar surface area (TPSA) is 9.23 Å². The predicted octanol–water partition coefficient (Wildman–Crippen LogP) is 3.49. The zero-order valence-electron chi connectivity index (χ0n) is 9.31. The van der Waals surface area contributed by atoms with Crippen molar-refractivity contribution in [3.05, 3.63) is 0 Å². The van der Waals surface area contributed by atoms with Crippen LogP contribution in [0.4, 0.5) is 0 Å². The van der Waals surface area contributed by atoms with E-state index in [1.54, 1.807) is 0 Å². The second kappa shape index (κ2) is 5.58. The molecule has 0 unspecified atom stereocenters. The molecule has 0 amide bonds. The van der Waals surface area contributed by atoms with E-state index in [2.05, 4.69) is 20.8 Å². The maximum absolute atomic E-state index is 5.29. The Kier molecular flexibility index (Phi) is 5.56. The highest BCUT2D eigenvalue weighted by Gasteiger charge is 2.25. The van der Waals surface area contributed by atoms with Crippen LogP contribution in [0.5, 0.6) is 0 Å². The lowest BCUT2D eigenvalue weighted by molar-refractivity contribution is 0.0286. The molecule has 1 fully saturated rings. The van der Waals surface area contributed by atoms with Gasteiger partial charge in [-0.2, -0.15) is 0 Å². The van der Waals surface area contributed by atoms with Gasteiger partial charge >= 0.3 is 0 Å². The van der Waals surface area contributed by atoms with E-state index in [4.69, 9.17) is 4.74 Å². The number of rotatable bonds is 0. The van der Waals surface area contributed by atoms with Gasteiger partial charge in [0.2, 0.25) is 0 Å². The minimum Gasteiger partial charge on any atom is -0.381 e. The van der Waals surface area contributed by atoms with Gasteiger partial charge in [-0.25, -0.2) is 0 Å². The van der Waals surface area contributed by atoms with Crippen LogP contribution in [-0.2, 0) is 4.74 Å². The quantitative estimate of drug-likeness (QED) is 0.543. The molecule has 0 aliphatic carbocycles. The molecule has 0 aromatic heterocycles. The molecule has 1 heterocycles. The molecule has 0 saturated carbocycles. The van der Waals surface area contributed by atoms with E-state index in [1.165, 1.54) is 12.8 Å². The Morgan fingerprint density at radius 3 is 1.67 bits per heavy atom. The highest BCUT2D eigenvalue weighted by Crippen LogP contribution is 2.33. The smallest absolute Gasteiger partial charge is 0.0468 e. The van der Waals surface area contributed by atoms with E-state index in [9.17, 15) is 0 Å². The van der Waals surface area contributed by atoms with Crippen LogP contribution in [0, 0.1) is 11.3 Å². The first-order valence-electron chi connectivity index (χ1n) is 5.18. The lowest BCUT2D eigenvalue weighted by Gasteiger charge is -2.33. The summed E-state index contributed by atoms with van der Waals surface area (Å²) in [4.78, 5) is 0. The van der Waals surface area contributed by atoms with Crippen molar-refractivity contribution in [1.82, 2.24) is 0 Å². The van der Waals surface area contributed by atoms with Crippen molar-refractivity contribution in [3.8, 4) is 0 Å². The molecule has 0 radical (unpaired) electrons. The Morgan fingerprint density at radius 1 is 1.00 bits per heavy atom. The Morgan fingerprint density at radius 2 is 1.42 bits per heavy atom. The number of ether oxygens (including phenoxy) is 1. The van der Waals surface area contributed by atoms with Crippen LogP contribution in [0.15, 0.2) is 0 Å². The molecule has 0 atom stereocenters. The fraction of sp³-hybridized carbons (Fsp3) is 1.00. The lowest BCUT2D eigenvalue weighted by Crippen LogP contribution is -2.27. The van der Waals surface area contributed by atoms with Crippen molar-refractivity contribution < 1.29 is 4.74 Å². The van der Waals surface area contributed by atoms with E-state index >= 15 is 0 Å². The van der Waals surface area contributed by atoms with E-state index in [0.717, 1.165) is 19.1 Å². The fourth-order valence-electron chi connectivity index (χ4n) is 1.56. The van der Waals surface area contributed by atoms with Gasteiger partial charge in [0, 0.05) is 13.2 Å². The summed E-state index contributed by atoms with van der Waals surface area (Å²) in [6, 6.07) is 0. The molecule has 0 aromatic carbocycles. The van der Waals surface area contributed by atoms with Crippen LogP contribution >= 0.6 is 0 Å². The third kappa shape index (κ3) is 4.10. The first-order chi connectivity index (χ1) is 5.61. The number of hydrogen-bond donors (Lipinski definition) is 0. The highest BCUT2D eigenvalue weighted by atomic mass is 16.5. The van der Waals surface area contributed by atoms with Gasteiger partial charge in [-0.1, -0.05) is 34.6 Å². The second-order valence-corrected chi connectivity index (χ2v) is 4.25. The van der Waals surface area contributed by atoms with Crippen molar-refractivity contribution in [3.63, 3.8) is 0 Å². The van der Waals surface area contributed by atoms with Gasteiger partial charge in [0.05, 0.1) is 0 Å². The Labute approximate surface area is 77.5 Å². The minimum atomic E-state index is 0.490. The average molecular weight is 172 g/mol. The van der Waals surface area contributed by atoms with Crippen LogP contribution in [-0.4, -0.2) is 13.2 Å². The summed E-state index contributed by atoms with van der Waals surface area (Å²) in [7, 11) is 0. The monoisotopic (exact) mass is 172 g/mol. The maximum atomic E-state index is 5.29. The molecule has 1 rings (SSSR count). The lowest BCUT2D eigenvalue weighted by atomic mass is 9.76. The van der Waals surface area contributed by atoms with Crippen molar-refractivity contribution >= 4 is 0 Å². The molecule has 1 heteroatoms. The van der Waals surface area contributed by atoms with Gasteiger partial charge in [-0.15, -0.1) is 0 Å². The summed E-state index contributed by atoms with van der Waals surface area (Å²) in [6.45, 7) is 12.9. The molecule has 0 spiro atoms. The Bertz CT molecular complexity index is 96.1. The van der Waals surface area contributed by atoms with Crippen LogP contribution in [0.2, 0.25) is 0 Å². The summed E-state index contributed by atoms with van der Waals surface area (Å²) >= 11 is 0. The zero-order chi connectivity index (χ0) is 9.61. The van der Waals surface area contributed by atoms with E-state index < -0.39 is 0 Å². The summed E-state index contributed by atoms with van der Waals surface area (Å²) in [5.74, 6) is 0.876. The molecule has 1 aliphatic rings. The Hall–Kier alpha value is -0.0400. The molecule has 1 nitrogen and oxygen atoms in total. The average Bonchev–Trinajstić information content (AvgIpc) is 2.08. The highest BCUT2D eigenvalue weighted by molar-refractivity contribution is 4.75. The van der Waals surface area contributed by atoms with Gasteiger partial charge < -0.3 is 4.74 Å². The molecule has 74 valence electrons. The van der Waals surface area contributed by atoms with E-state index in [1.807, 2.05) is 13.8 Å². The molecule has 0 aromatic rings. The van der Waals surface area contributed by atoms with Crippen molar-refractivity contribution in [2.24, 2.45) is 11.3 Å². The molecular weight excluding hydrogens is 148 g/mol. The molecule has 1 saturated heterocycles. The zero-order valence-corrected chi connectivity index (χ0v) is 9.31. The molecule has 0 N–H and O–H groups in total. The van der Waals surface area contributed by atoms with Gasteiger partial charge in [-0.05, 0) is 24.2 Å². The Balaban J connectivity index is 0.000000561. The van der Waals surface area contributed by atoms with Crippen LogP contribution in [0.3, 0.4) is 0 Å². The van der Waals surface area contributed by atoms with Crippen LogP contribution in [0.1, 0.15) is 47.5 Å². The molecule has 1 aliphatic heterocycles. The number of hydrogen-bond acceptors (Lipinski definition) is 1. The summed E-state index contributed by atoms with van der Waals surface area (Å²) in [6.07, 6.45) is 2.51. The summed E-state index contributed by atoms with van der Waals surface area (Å²) in [5, 5.41) is 0. The van der Waals surface area contributed by atoms with Crippen LogP contribution < -0.4 is 0 Å². The largest absolute Gasteiger partial charge is 0.381 e. The maximum Gasteiger partial charge on any atom is 0.0468 e. The van der Waals surface area contributed by atoms with E-state index in [-0.39, 0.29) is 0 Å². The first kappa shape index (κ1) is 12.0. The third-order valence-corrected chi connectivity index (χ3v) is 2.45. The standard InChI is InChI=1S/C9H18O.C2H6/c1-9(2,3)8-4-6-10-7-5-8;1-2/h8H,4-7H2,1-3H3;1-2H3. The minimum absolute atomic E-state index is 0.490. The van der Waals surface area contributed by atoms with Gasteiger partial charge in [-0.3, -0.25) is 0 Å². The predicted molar refractivity (Wildman–Crippen MR) is 54.3 cm³/mol. The SMILES string of the molecule is CC.CC(C)(C)C1CCOCC1. The van der Waals surface area contributed by atoms with Gasteiger partial charge in [0.15, 0.2) is 0 Å². The van der Waals surface area contributed by atoms with Crippen molar-refractivity contribution in [2.45, 2.75) is 47.5 Å². The second-order valence-electron chi connectivity index (χ2n) is 4.25. The molecular formula is C11H24O. The van der Waals surface area contributed by atoms with Gasteiger partial charge in [0.25, 0.3) is 0 Å².